The van der Waals surface area contributed by atoms with Crippen molar-refractivity contribution in [3.63, 3.8) is 0 Å². The molecule has 0 radical (unpaired) electrons. The number of rotatable bonds is 2. The number of benzene rings is 3. The van der Waals surface area contributed by atoms with Gasteiger partial charge in [-0.25, -0.2) is 0 Å². The van der Waals surface area contributed by atoms with Gasteiger partial charge in [0.2, 0.25) is 0 Å². The minimum Gasteiger partial charge on any atom is -0.0824 e. The van der Waals surface area contributed by atoms with Crippen molar-refractivity contribution in [2.75, 3.05) is 0 Å². The van der Waals surface area contributed by atoms with Crippen molar-refractivity contribution in [2.45, 2.75) is 30.6 Å². The van der Waals surface area contributed by atoms with E-state index in [1.807, 2.05) is 0 Å². The zero-order valence-corrected chi connectivity index (χ0v) is 19.5. The number of hydrogen-bond acceptors (Lipinski definition) is 0. The smallest absolute Gasteiger partial charge is 0.0198 e. The van der Waals surface area contributed by atoms with Crippen molar-refractivity contribution in [2.24, 2.45) is 0 Å². The molecule has 0 bridgehead atoms. The fourth-order valence-corrected chi connectivity index (χ4v) is 23.3. The van der Waals surface area contributed by atoms with E-state index < -0.39 is 0 Å². The average Bonchev–Trinajstić information content (AvgIpc) is 3.52. The third-order valence-electron chi connectivity index (χ3n) is 7.03. The molecule has 146 valence electrons. The summed E-state index contributed by atoms with van der Waals surface area (Å²) in [7, 11) is 0.961. The molecule has 7 rings (SSSR count). The molecule has 0 aromatic heterocycles. The lowest BCUT2D eigenvalue weighted by atomic mass is 10.1. The molecule has 4 aliphatic rings. The predicted molar refractivity (Wildman–Crippen MR) is 135 cm³/mol. The predicted octanol–water partition coefficient (Wildman–Crippen LogP) is 8.33. The average molecular weight is 440 g/mol. The summed E-state index contributed by atoms with van der Waals surface area (Å²) in [4.78, 5) is 0. The van der Waals surface area contributed by atoms with Gasteiger partial charge in [-0.2, -0.15) is 0 Å². The maximum Gasteiger partial charge on any atom is 0.0198 e. The van der Waals surface area contributed by atoms with Crippen molar-refractivity contribution in [1.82, 2.24) is 0 Å². The number of fused-ring (bicyclic) bond motifs is 5. The molecule has 0 spiro atoms. The SMILES string of the molecule is C1=C(P2PC3Cc4ccccc4C3P2C2=Cc3ccccc3C2)Cc2ccccc21. The third-order valence-corrected chi connectivity index (χ3v) is 20.9. The van der Waals surface area contributed by atoms with Crippen molar-refractivity contribution < 1.29 is 0 Å². The summed E-state index contributed by atoms with van der Waals surface area (Å²) in [5.41, 5.74) is 11.1. The Labute approximate surface area is 182 Å². The molecule has 0 nitrogen and oxygen atoms in total. The fraction of sp³-hybridized carbons (Fsp3) is 0.185. The molecule has 5 atom stereocenters. The van der Waals surface area contributed by atoms with Gasteiger partial charge in [0.25, 0.3) is 0 Å². The summed E-state index contributed by atoms with van der Waals surface area (Å²) in [6, 6.07) is 27.5. The second kappa shape index (κ2) is 6.97. The van der Waals surface area contributed by atoms with Gasteiger partial charge in [0, 0.05) is 5.66 Å². The summed E-state index contributed by atoms with van der Waals surface area (Å²) < 4.78 is 0. The Morgan fingerprint density at radius 1 is 0.667 bits per heavy atom. The van der Waals surface area contributed by atoms with Crippen LogP contribution in [0.3, 0.4) is 0 Å². The molecule has 3 aromatic carbocycles. The Balaban J connectivity index is 1.32. The largest absolute Gasteiger partial charge is 0.0824 e. The van der Waals surface area contributed by atoms with Gasteiger partial charge >= 0.3 is 0 Å². The molecule has 0 N–H and O–H groups in total. The van der Waals surface area contributed by atoms with Gasteiger partial charge in [0.05, 0.1) is 0 Å². The number of allylic oxidation sites excluding steroid dienone is 2. The number of hydrogen-bond donors (Lipinski definition) is 0. The van der Waals surface area contributed by atoms with E-state index in [0.29, 0.717) is 0 Å². The van der Waals surface area contributed by atoms with E-state index in [0.717, 1.165) is 19.6 Å². The Hall–Kier alpha value is -1.57. The molecule has 1 aliphatic heterocycles. The van der Waals surface area contributed by atoms with Crippen LogP contribution in [0.4, 0.5) is 0 Å². The molecule has 1 saturated heterocycles. The second-order valence-electron chi connectivity index (χ2n) is 8.76. The first kappa shape index (κ1) is 18.0. The van der Waals surface area contributed by atoms with Gasteiger partial charge in [-0.1, -0.05) is 87.1 Å². The van der Waals surface area contributed by atoms with Crippen LogP contribution in [0, 0.1) is 0 Å². The standard InChI is InChI=1S/C27H23P3/c1-2-8-19-14-23(13-18(19)7-1)29-27-25-12-6-5-11-22(25)17-26(27)28-30(29)24-15-20-9-3-4-10-21(20)16-24/h1-13,15,26-28H,14,16-17H2. The molecule has 0 saturated carbocycles. The lowest BCUT2D eigenvalue weighted by Crippen LogP contribution is -2.01. The van der Waals surface area contributed by atoms with Crippen LogP contribution in [0.2, 0.25) is 0 Å². The first-order chi connectivity index (χ1) is 14.8. The van der Waals surface area contributed by atoms with Gasteiger partial charge in [0.15, 0.2) is 0 Å². The Bertz CT molecular complexity index is 1240. The van der Waals surface area contributed by atoms with E-state index in [4.69, 9.17) is 0 Å². The lowest BCUT2D eigenvalue weighted by Gasteiger charge is -2.28. The fourth-order valence-electron chi connectivity index (χ4n) is 5.67. The highest BCUT2D eigenvalue weighted by molar-refractivity contribution is 8.60. The maximum absolute atomic E-state index is 2.59. The zero-order valence-electron chi connectivity index (χ0n) is 16.8. The van der Waals surface area contributed by atoms with Crippen molar-refractivity contribution >= 4 is 35.3 Å². The summed E-state index contributed by atoms with van der Waals surface area (Å²) in [6.45, 7) is 0. The van der Waals surface area contributed by atoms with E-state index in [1.165, 1.54) is 30.4 Å². The second-order valence-corrected chi connectivity index (χ2v) is 18.5. The van der Waals surface area contributed by atoms with Crippen LogP contribution < -0.4 is 0 Å². The van der Waals surface area contributed by atoms with Gasteiger partial charge in [0.1, 0.15) is 0 Å². The van der Waals surface area contributed by atoms with Crippen LogP contribution >= 0.6 is 23.2 Å². The molecule has 1 heterocycles. The molecule has 30 heavy (non-hydrogen) atoms. The van der Waals surface area contributed by atoms with E-state index in [2.05, 4.69) is 84.9 Å². The highest BCUT2D eigenvalue weighted by Crippen LogP contribution is 2.99. The third kappa shape index (κ3) is 2.71. The van der Waals surface area contributed by atoms with E-state index in [9.17, 15) is 0 Å². The quantitative estimate of drug-likeness (QED) is 0.352. The molecule has 3 aromatic rings. The van der Waals surface area contributed by atoms with Gasteiger partial charge in [-0.05, 0) is 89.9 Å². The van der Waals surface area contributed by atoms with Gasteiger partial charge < -0.3 is 0 Å². The molecule has 3 aliphatic carbocycles. The van der Waals surface area contributed by atoms with E-state index >= 15 is 0 Å². The topological polar surface area (TPSA) is 0 Å². The minimum absolute atomic E-state index is 0.0419. The molecule has 3 heteroatoms. The van der Waals surface area contributed by atoms with Crippen LogP contribution in [0.1, 0.15) is 39.0 Å². The zero-order chi connectivity index (χ0) is 19.7. The Morgan fingerprint density at radius 3 is 2.00 bits per heavy atom. The monoisotopic (exact) mass is 440 g/mol. The lowest BCUT2D eigenvalue weighted by molar-refractivity contribution is 0.911. The molecule has 0 amide bonds. The normalized spacial score (nSPS) is 28.7. The van der Waals surface area contributed by atoms with Crippen molar-refractivity contribution in [1.29, 1.82) is 0 Å². The summed E-state index contributed by atoms with van der Waals surface area (Å²) in [5, 5.41) is 3.57. The Kier molecular flexibility index (Phi) is 4.19. The van der Waals surface area contributed by atoms with Crippen LogP contribution in [0.25, 0.3) is 12.2 Å². The molecule has 5 unspecified atom stereocenters. The van der Waals surface area contributed by atoms with Gasteiger partial charge in [-0.3, -0.25) is 0 Å². The first-order valence-electron chi connectivity index (χ1n) is 10.9. The van der Waals surface area contributed by atoms with Crippen molar-refractivity contribution in [3.8, 4) is 0 Å². The molecule has 1 fully saturated rings. The summed E-state index contributed by atoms with van der Waals surface area (Å²) in [6.07, 6.45) is 8.88. The van der Waals surface area contributed by atoms with Crippen LogP contribution in [0.5, 0.6) is 0 Å². The van der Waals surface area contributed by atoms with Crippen LogP contribution in [0.15, 0.2) is 83.4 Å². The van der Waals surface area contributed by atoms with E-state index in [-0.39, 0.29) is 14.9 Å². The highest BCUT2D eigenvalue weighted by atomic mass is 32.5. The first-order valence-corrected chi connectivity index (χ1v) is 16.2. The minimum atomic E-state index is -0.127. The van der Waals surface area contributed by atoms with Crippen LogP contribution in [-0.2, 0) is 19.3 Å². The summed E-state index contributed by atoms with van der Waals surface area (Å²) in [5.74, 6) is 0. The molecular weight excluding hydrogens is 417 g/mol. The van der Waals surface area contributed by atoms with Crippen LogP contribution in [-0.4, -0.2) is 5.66 Å². The highest BCUT2D eigenvalue weighted by Gasteiger charge is 2.50. The molecular formula is C27H23P3. The Morgan fingerprint density at radius 2 is 1.27 bits per heavy atom. The van der Waals surface area contributed by atoms with E-state index in [1.54, 1.807) is 32.9 Å². The summed E-state index contributed by atoms with van der Waals surface area (Å²) >= 11 is 0. The maximum atomic E-state index is 2.59. The van der Waals surface area contributed by atoms with Crippen molar-refractivity contribution in [3.05, 3.63) is 117 Å². The van der Waals surface area contributed by atoms with Gasteiger partial charge in [-0.15, -0.1) is 0 Å².